The van der Waals surface area contributed by atoms with E-state index in [1.807, 2.05) is 6.92 Å². The van der Waals surface area contributed by atoms with Crippen molar-refractivity contribution < 1.29 is 23.5 Å². The summed E-state index contributed by atoms with van der Waals surface area (Å²) in [6.45, 7) is 3.88. The van der Waals surface area contributed by atoms with Crippen LogP contribution in [0.25, 0.3) is 0 Å². The van der Waals surface area contributed by atoms with Crippen molar-refractivity contribution in [2.75, 3.05) is 20.7 Å². The molecule has 1 saturated heterocycles. The minimum absolute atomic E-state index is 0.00777. The Balaban J connectivity index is 2.45. The van der Waals surface area contributed by atoms with Gasteiger partial charge in [-0.2, -0.15) is 0 Å². The zero-order valence-corrected chi connectivity index (χ0v) is 16.9. The predicted octanol–water partition coefficient (Wildman–Crippen LogP) is 2.07. The maximum absolute atomic E-state index is 14.7. The largest absolute Gasteiger partial charge is 0.495 e. The zero-order valence-electron chi connectivity index (χ0n) is 16.9. The molecule has 1 aliphatic heterocycles. The van der Waals surface area contributed by atoms with Crippen LogP contribution in [0.1, 0.15) is 46.0 Å². The number of hydrogen-bond donors (Lipinski definition) is 2. The summed E-state index contributed by atoms with van der Waals surface area (Å²) in [5.74, 6) is -1.34. The summed E-state index contributed by atoms with van der Waals surface area (Å²) in [6, 6.07) is -0.754. The van der Waals surface area contributed by atoms with Crippen LogP contribution >= 0.6 is 0 Å². The Hall–Kier alpha value is -2.64. The summed E-state index contributed by atoms with van der Waals surface area (Å²) in [4.78, 5) is 38.7. The van der Waals surface area contributed by atoms with Gasteiger partial charge in [0.1, 0.15) is 17.6 Å². The number of unbranched alkanes of at least 4 members (excludes halogenated alkanes) is 1. The van der Waals surface area contributed by atoms with E-state index in [0.29, 0.717) is 24.4 Å². The van der Waals surface area contributed by atoms with E-state index >= 15 is 0 Å². The highest BCUT2D eigenvalue weighted by molar-refractivity contribution is 6.05. The molecule has 0 saturated carbocycles. The standard InChI is InChI=1S/C20H28FN3O4/c1-5-6-9-24(16-7-8-18(25)23-19(16)26)20(27)13-10-17(28-4)15(22-3)11-14(21)12(13)2/h10,16,22H,5-9,11H2,1-4H3,(H,23,25,26). The number of carbonyl (C=O) groups excluding carboxylic acids is 3. The van der Waals surface area contributed by atoms with Crippen molar-refractivity contribution in [3.63, 3.8) is 0 Å². The van der Waals surface area contributed by atoms with Crippen molar-refractivity contribution in [1.82, 2.24) is 15.5 Å². The fourth-order valence-corrected chi connectivity index (χ4v) is 3.32. The molecule has 1 heterocycles. The van der Waals surface area contributed by atoms with Gasteiger partial charge in [-0.25, -0.2) is 4.39 Å². The number of halogens is 1. The first-order chi connectivity index (χ1) is 13.3. The van der Waals surface area contributed by atoms with E-state index in [0.717, 1.165) is 6.42 Å². The quantitative estimate of drug-likeness (QED) is 0.647. The van der Waals surface area contributed by atoms with Gasteiger partial charge in [-0.05, 0) is 31.4 Å². The Labute approximate surface area is 164 Å². The van der Waals surface area contributed by atoms with Gasteiger partial charge >= 0.3 is 0 Å². The normalized spacial score (nSPS) is 20.5. The molecule has 1 atom stereocenters. The fourth-order valence-electron chi connectivity index (χ4n) is 3.32. The zero-order chi connectivity index (χ0) is 20.8. The molecule has 0 aromatic carbocycles. The van der Waals surface area contributed by atoms with E-state index in [9.17, 15) is 18.8 Å². The lowest BCUT2D eigenvalue weighted by molar-refractivity contribution is -0.144. The second-order valence-electron chi connectivity index (χ2n) is 6.88. The monoisotopic (exact) mass is 393 g/mol. The van der Waals surface area contributed by atoms with Crippen LogP contribution in [0.2, 0.25) is 0 Å². The first-order valence-corrected chi connectivity index (χ1v) is 9.50. The lowest BCUT2D eigenvalue weighted by atomic mass is 9.99. The third-order valence-corrected chi connectivity index (χ3v) is 5.07. The molecule has 1 unspecified atom stereocenters. The number of methoxy groups -OCH3 is 1. The van der Waals surface area contributed by atoms with Crippen LogP contribution in [-0.4, -0.2) is 49.4 Å². The highest BCUT2D eigenvalue weighted by Crippen LogP contribution is 2.30. The molecule has 8 heteroatoms. The average Bonchev–Trinajstić information content (AvgIpc) is 2.79. The van der Waals surface area contributed by atoms with Crippen molar-refractivity contribution in [3.8, 4) is 0 Å². The Morgan fingerprint density at radius 3 is 2.71 bits per heavy atom. The van der Waals surface area contributed by atoms with Gasteiger partial charge in [0.05, 0.1) is 12.8 Å². The molecule has 2 N–H and O–H groups in total. The molecule has 7 nitrogen and oxygen atoms in total. The van der Waals surface area contributed by atoms with Crippen LogP contribution < -0.4 is 10.6 Å². The SMILES string of the molecule is CCCCN(C(=O)C1=CC(OC)=C(NC)CC(F)=C1C)C1CCC(=O)NC1=O. The van der Waals surface area contributed by atoms with Gasteiger partial charge in [-0.1, -0.05) is 13.3 Å². The second kappa shape index (κ2) is 9.52. The maximum atomic E-state index is 14.7. The molecule has 1 aliphatic carbocycles. The second-order valence-corrected chi connectivity index (χ2v) is 6.88. The third-order valence-electron chi connectivity index (χ3n) is 5.07. The summed E-state index contributed by atoms with van der Waals surface area (Å²) < 4.78 is 20.0. The first-order valence-electron chi connectivity index (χ1n) is 9.50. The molecule has 0 spiro atoms. The molecule has 0 aromatic rings. The minimum atomic E-state index is -0.754. The fraction of sp³-hybridized carbons (Fsp3) is 0.550. The first kappa shape index (κ1) is 21.7. The van der Waals surface area contributed by atoms with Gasteiger partial charge < -0.3 is 15.0 Å². The lowest BCUT2D eigenvalue weighted by Gasteiger charge is -2.33. The number of ether oxygens (including phenoxy) is 1. The summed E-state index contributed by atoms with van der Waals surface area (Å²) in [5.41, 5.74) is 0.905. The van der Waals surface area contributed by atoms with Crippen LogP contribution in [-0.2, 0) is 19.1 Å². The number of rotatable bonds is 7. The molecule has 2 aliphatic rings. The van der Waals surface area contributed by atoms with Crippen LogP contribution in [0.5, 0.6) is 0 Å². The Bertz CT molecular complexity index is 755. The lowest BCUT2D eigenvalue weighted by Crippen LogP contribution is -2.54. The number of amides is 3. The highest BCUT2D eigenvalue weighted by Gasteiger charge is 2.36. The van der Waals surface area contributed by atoms with Crippen LogP contribution in [0.15, 0.2) is 34.5 Å². The van der Waals surface area contributed by atoms with Gasteiger partial charge in [-0.3, -0.25) is 19.7 Å². The highest BCUT2D eigenvalue weighted by atomic mass is 19.1. The number of nitrogens with one attached hydrogen (secondary N) is 2. The molecule has 154 valence electrons. The molecule has 0 aromatic heterocycles. The molecular weight excluding hydrogens is 365 g/mol. The third kappa shape index (κ3) is 4.61. The van der Waals surface area contributed by atoms with E-state index in [-0.39, 0.29) is 36.3 Å². The van der Waals surface area contributed by atoms with Crippen LogP contribution in [0, 0.1) is 0 Å². The van der Waals surface area contributed by atoms with Gasteiger partial charge in [0, 0.05) is 32.0 Å². The number of piperidine rings is 1. The summed E-state index contributed by atoms with van der Waals surface area (Å²) >= 11 is 0. The predicted molar refractivity (Wildman–Crippen MR) is 102 cm³/mol. The Morgan fingerprint density at radius 1 is 1.43 bits per heavy atom. The van der Waals surface area contributed by atoms with E-state index < -0.39 is 23.7 Å². The van der Waals surface area contributed by atoms with E-state index in [2.05, 4.69) is 10.6 Å². The van der Waals surface area contributed by atoms with Crippen LogP contribution in [0.3, 0.4) is 0 Å². The average molecular weight is 393 g/mol. The molecule has 0 bridgehead atoms. The summed E-state index contributed by atoms with van der Waals surface area (Å²) in [7, 11) is 3.12. The molecule has 2 rings (SSSR count). The van der Waals surface area contributed by atoms with Crippen LogP contribution in [0.4, 0.5) is 4.39 Å². The van der Waals surface area contributed by atoms with E-state index in [1.54, 1.807) is 14.0 Å². The van der Waals surface area contributed by atoms with Gasteiger partial charge in [0.2, 0.25) is 11.8 Å². The van der Waals surface area contributed by atoms with E-state index in [1.165, 1.54) is 18.1 Å². The molecule has 3 amide bonds. The van der Waals surface area contributed by atoms with Crippen molar-refractivity contribution in [2.45, 2.75) is 52.0 Å². The van der Waals surface area contributed by atoms with Crippen molar-refractivity contribution in [3.05, 3.63) is 34.5 Å². The number of nitrogens with zero attached hydrogens (tertiary/aromatic N) is 1. The molecule has 0 radical (unpaired) electrons. The molecule has 1 fully saturated rings. The summed E-state index contributed by atoms with van der Waals surface area (Å²) in [5, 5.41) is 5.19. The smallest absolute Gasteiger partial charge is 0.255 e. The number of hydrogen-bond acceptors (Lipinski definition) is 5. The summed E-state index contributed by atoms with van der Waals surface area (Å²) in [6.07, 6.45) is 3.45. The van der Waals surface area contributed by atoms with Crippen molar-refractivity contribution in [2.24, 2.45) is 0 Å². The van der Waals surface area contributed by atoms with Gasteiger partial charge in [0.25, 0.3) is 5.91 Å². The molecule has 28 heavy (non-hydrogen) atoms. The number of carbonyl (C=O) groups is 3. The molecular formula is C20H28FN3O4. The van der Waals surface area contributed by atoms with Crippen molar-refractivity contribution >= 4 is 17.7 Å². The van der Waals surface area contributed by atoms with Gasteiger partial charge in [0.15, 0.2) is 0 Å². The minimum Gasteiger partial charge on any atom is -0.495 e. The topological polar surface area (TPSA) is 87.7 Å². The van der Waals surface area contributed by atoms with Gasteiger partial charge in [-0.15, -0.1) is 0 Å². The maximum Gasteiger partial charge on any atom is 0.255 e. The van der Waals surface area contributed by atoms with E-state index in [4.69, 9.17) is 4.74 Å². The van der Waals surface area contributed by atoms with Crippen molar-refractivity contribution in [1.29, 1.82) is 0 Å². The Kier molecular flexibility index (Phi) is 7.37. The number of allylic oxidation sites excluding steroid dienone is 2. The number of imide groups is 1. The Morgan fingerprint density at radius 2 is 2.14 bits per heavy atom.